The lowest BCUT2D eigenvalue weighted by Crippen LogP contribution is -2.59. The van der Waals surface area contributed by atoms with Crippen molar-refractivity contribution in [3.8, 4) is 0 Å². The van der Waals surface area contributed by atoms with E-state index in [0.717, 1.165) is 0 Å². The van der Waals surface area contributed by atoms with E-state index in [-0.39, 0.29) is 12.4 Å². The SMILES string of the molecule is O=NNC(=O)NC(=O)[C@H](NCCCl)[C@@H](O)[C@H](O)[C@H](O)CO. The van der Waals surface area contributed by atoms with E-state index >= 15 is 0 Å². The summed E-state index contributed by atoms with van der Waals surface area (Å²) in [7, 11) is 0. The van der Waals surface area contributed by atoms with Gasteiger partial charge in [-0.2, -0.15) is 5.43 Å². The molecule has 0 aromatic heterocycles. The number of hydrogen-bond acceptors (Lipinski definition) is 9. The normalized spacial score (nSPS) is 16.4. The second-order valence-corrected chi connectivity index (χ2v) is 4.25. The summed E-state index contributed by atoms with van der Waals surface area (Å²) in [6.45, 7) is -0.816. The average Bonchev–Trinajstić information content (AvgIpc) is 2.45. The minimum absolute atomic E-state index is 0.0339. The third-order valence-corrected chi connectivity index (χ3v) is 2.59. The van der Waals surface area contributed by atoms with E-state index in [0.29, 0.717) is 0 Å². The quantitative estimate of drug-likeness (QED) is 0.131. The number of carbonyl (C=O) groups excluding carboxylic acids is 2. The second kappa shape index (κ2) is 10.4. The molecule has 0 aromatic carbocycles. The average molecular weight is 329 g/mol. The summed E-state index contributed by atoms with van der Waals surface area (Å²) in [5.74, 6) is -1.05. The van der Waals surface area contributed by atoms with E-state index in [9.17, 15) is 29.8 Å². The number of urea groups is 1. The van der Waals surface area contributed by atoms with Gasteiger partial charge in [0.25, 0.3) is 0 Å². The van der Waals surface area contributed by atoms with Gasteiger partial charge < -0.3 is 25.7 Å². The highest BCUT2D eigenvalue weighted by molar-refractivity contribution is 6.18. The number of halogens is 1. The third kappa shape index (κ3) is 6.75. The minimum atomic E-state index is -1.86. The predicted octanol–water partition coefficient (Wildman–Crippen LogP) is -3.23. The van der Waals surface area contributed by atoms with Crippen molar-refractivity contribution in [2.75, 3.05) is 19.0 Å². The van der Waals surface area contributed by atoms with Gasteiger partial charge in [-0.05, 0) is 0 Å². The van der Waals surface area contributed by atoms with Crippen LogP contribution >= 0.6 is 11.6 Å². The van der Waals surface area contributed by atoms with Gasteiger partial charge in [0.15, 0.2) is 0 Å². The van der Waals surface area contributed by atoms with E-state index in [2.05, 4.69) is 5.32 Å². The Kier molecular flexibility index (Phi) is 9.69. The lowest BCUT2D eigenvalue weighted by atomic mass is 10.0. The standard InChI is InChI=1S/C9H17ClN4O7/c10-1-2-11-5(7(18)6(17)4(16)3-15)8(19)12-9(20)13-14-21/h4-7,11,15-18H,1-3H2,(H2,12,13,19,20,21)/t4-,5-,6-,7-/m1/s1. The number of nitrogens with one attached hydrogen (secondary N) is 3. The number of nitroso groups, excluding NO2 is 1. The molecule has 0 radical (unpaired) electrons. The molecule has 0 spiro atoms. The molecule has 21 heavy (non-hydrogen) atoms. The molecule has 0 aromatic rings. The number of nitrogens with zero attached hydrogens (tertiary/aromatic N) is 1. The van der Waals surface area contributed by atoms with Crippen molar-refractivity contribution in [1.29, 1.82) is 0 Å². The molecule has 0 aliphatic heterocycles. The maximum atomic E-state index is 11.8. The third-order valence-electron chi connectivity index (χ3n) is 2.40. The van der Waals surface area contributed by atoms with Crippen molar-refractivity contribution in [2.24, 2.45) is 5.29 Å². The number of aliphatic hydroxyl groups is 4. The van der Waals surface area contributed by atoms with Crippen molar-refractivity contribution >= 4 is 23.5 Å². The van der Waals surface area contributed by atoms with Crippen LogP contribution in [0.2, 0.25) is 0 Å². The van der Waals surface area contributed by atoms with Gasteiger partial charge in [0, 0.05) is 12.4 Å². The summed E-state index contributed by atoms with van der Waals surface area (Å²) in [4.78, 5) is 32.5. The second-order valence-electron chi connectivity index (χ2n) is 3.87. The van der Waals surface area contributed by atoms with Crippen molar-refractivity contribution in [2.45, 2.75) is 24.4 Å². The summed E-state index contributed by atoms with van der Waals surface area (Å²) in [6, 6.07) is -2.77. The van der Waals surface area contributed by atoms with Crippen LogP contribution in [0.4, 0.5) is 4.79 Å². The van der Waals surface area contributed by atoms with E-state index in [1.165, 1.54) is 5.43 Å². The van der Waals surface area contributed by atoms with Crippen LogP contribution in [0.15, 0.2) is 5.29 Å². The van der Waals surface area contributed by atoms with Crippen LogP contribution in [0.5, 0.6) is 0 Å². The van der Waals surface area contributed by atoms with Crippen LogP contribution in [0.25, 0.3) is 0 Å². The van der Waals surface area contributed by atoms with Gasteiger partial charge in [0.05, 0.1) is 11.9 Å². The molecule has 12 heteroatoms. The molecule has 0 saturated carbocycles. The van der Waals surface area contributed by atoms with Crippen molar-refractivity contribution in [3.63, 3.8) is 0 Å². The van der Waals surface area contributed by atoms with Gasteiger partial charge >= 0.3 is 6.03 Å². The van der Waals surface area contributed by atoms with E-state index in [1.54, 1.807) is 5.32 Å². The van der Waals surface area contributed by atoms with Gasteiger partial charge in [0.2, 0.25) is 5.91 Å². The smallest absolute Gasteiger partial charge is 0.344 e. The zero-order valence-corrected chi connectivity index (χ0v) is 11.5. The Morgan fingerprint density at radius 1 is 1.19 bits per heavy atom. The summed E-state index contributed by atoms with van der Waals surface area (Å²) < 4.78 is 0. The van der Waals surface area contributed by atoms with Gasteiger partial charge in [-0.1, -0.05) is 0 Å². The Morgan fingerprint density at radius 3 is 2.29 bits per heavy atom. The van der Waals surface area contributed by atoms with Gasteiger partial charge in [0.1, 0.15) is 24.4 Å². The highest BCUT2D eigenvalue weighted by Gasteiger charge is 2.35. The highest BCUT2D eigenvalue weighted by Crippen LogP contribution is 2.06. The zero-order chi connectivity index (χ0) is 16.4. The molecule has 122 valence electrons. The number of amides is 3. The summed E-state index contributed by atoms with van der Waals surface area (Å²) >= 11 is 5.42. The maximum absolute atomic E-state index is 11.8. The van der Waals surface area contributed by atoms with Crippen LogP contribution in [0, 0.1) is 4.91 Å². The summed E-state index contributed by atoms with van der Waals surface area (Å²) in [5, 5.41) is 43.5. The predicted molar refractivity (Wildman–Crippen MR) is 70.1 cm³/mol. The first kappa shape index (κ1) is 19.6. The largest absolute Gasteiger partial charge is 0.394 e. The number of hydrogen-bond donors (Lipinski definition) is 7. The first-order valence-corrected chi connectivity index (χ1v) is 6.30. The molecule has 0 rings (SSSR count). The Balaban J connectivity index is 4.87. The molecule has 0 unspecified atom stereocenters. The first-order chi connectivity index (χ1) is 9.88. The fraction of sp³-hybridized carbons (Fsp3) is 0.778. The molecular weight excluding hydrogens is 312 g/mol. The number of rotatable bonds is 9. The molecule has 0 bridgehead atoms. The Hall–Kier alpha value is -1.37. The molecule has 0 fully saturated rings. The molecule has 3 amide bonds. The lowest BCUT2D eigenvalue weighted by molar-refractivity contribution is -0.132. The molecular formula is C9H17ClN4O7. The van der Waals surface area contributed by atoms with E-state index in [4.69, 9.17) is 16.7 Å². The molecule has 11 nitrogen and oxygen atoms in total. The highest BCUT2D eigenvalue weighted by atomic mass is 35.5. The topological polar surface area (TPSA) is 181 Å². The maximum Gasteiger partial charge on any atom is 0.344 e. The monoisotopic (exact) mass is 328 g/mol. The Bertz CT molecular complexity index is 359. The van der Waals surface area contributed by atoms with Crippen LogP contribution in [0.1, 0.15) is 0 Å². The van der Waals surface area contributed by atoms with Crippen LogP contribution in [-0.4, -0.2) is 75.7 Å². The van der Waals surface area contributed by atoms with Crippen molar-refractivity contribution < 1.29 is 30.0 Å². The van der Waals surface area contributed by atoms with E-state index < -0.39 is 42.9 Å². The molecule has 4 atom stereocenters. The number of aliphatic hydroxyl groups excluding tert-OH is 4. The molecule has 0 aliphatic rings. The molecule has 0 saturated heterocycles. The van der Waals surface area contributed by atoms with Gasteiger partial charge in [-0.3, -0.25) is 10.1 Å². The molecule has 7 N–H and O–H groups in total. The summed E-state index contributed by atoms with van der Waals surface area (Å²) in [5.41, 5.74) is 1.40. The Labute approximate surface area is 124 Å². The number of alkyl halides is 1. The Morgan fingerprint density at radius 2 is 1.81 bits per heavy atom. The number of imide groups is 1. The van der Waals surface area contributed by atoms with E-state index in [1.807, 2.05) is 5.29 Å². The fourth-order valence-electron chi connectivity index (χ4n) is 1.37. The zero-order valence-electron chi connectivity index (χ0n) is 10.8. The van der Waals surface area contributed by atoms with Crippen LogP contribution in [0.3, 0.4) is 0 Å². The first-order valence-electron chi connectivity index (χ1n) is 5.76. The minimum Gasteiger partial charge on any atom is -0.394 e. The summed E-state index contributed by atoms with van der Waals surface area (Å²) in [6.07, 6.45) is -5.41. The van der Waals surface area contributed by atoms with Crippen LogP contribution < -0.4 is 16.1 Å². The van der Waals surface area contributed by atoms with Crippen molar-refractivity contribution in [3.05, 3.63) is 4.91 Å². The van der Waals surface area contributed by atoms with Crippen molar-refractivity contribution in [1.82, 2.24) is 16.1 Å². The van der Waals surface area contributed by atoms with Gasteiger partial charge in [-0.25, -0.2) is 4.79 Å². The lowest BCUT2D eigenvalue weighted by Gasteiger charge is -2.28. The fourth-order valence-corrected chi connectivity index (χ4v) is 1.48. The van der Waals surface area contributed by atoms with Gasteiger partial charge in [-0.15, -0.1) is 16.5 Å². The molecule has 0 aliphatic carbocycles. The van der Waals surface area contributed by atoms with Crippen LogP contribution in [-0.2, 0) is 4.79 Å². The number of carbonyl (C=O) groups is 2. The molecule has 0 heterocycles.